The smallest absolute Gasteiger partial charge is 0.434 e. The Balaban J connectivity index is 1.86. The van der Waals surface area contributed by atoms with Crippen LogP contribution in [0.1, 0.15) is 5.69 Å². The number of carbonyl (C=O) groups is 1. The van der Waals surface area contributed by atoms with Gasteiger partial charge in [-0.2, -0.15) is 18.2 Å². The number of nitrogens with two attached hydrogens (primary N) is 1. The monoisotopic (exact) mass is 411 g/mol. The van der Waals surface area contributed by atoms with Gasteiger partial charge in [0.25, 0.3) is 0 Å². The van der Waals surface area contributed by atoms with Gasteiger partial charge in [0.2, 0.25) is 11.9 Å². The van der Waals surface area contributed by atoms with Crippen LogP contribution in [-0.2, 0) is 15.7 Å². The van der Waals surface area contributed by atoms with Crippen molar-refractivity contribution in [1.82, 2.24) is 19.9 Å². The topological polar surface area (TPSA) is 120 Å². The van der Waals surface area contributed by atoms with Crippen molar-refractivity contribution >= 4 is 23.8 Å². The van der Waals surface area contributed by atoms with Gasteiger partial charge < -0.3 is 20.1 Å². The number of cyclic esters (lactones) is 1. The van der Waals surface area contributed by atoms with Crippen LogP contribution in [0, 0.1) is 0 Å². The molecule has 2 aromatic heterocycles. The summed E-state index contributed by atoms with van der Waals surface area (Å²) in [6.45, 7) is 2.14. The first-order valence-corrected chi connectivity index (χ1v) is 8.69. The zero-order valence-corrected chi connectivity index (χ0v) is 15.0. The van der Waals surface area contributed by atoms with Gasteiger partial charge in [0.05, 0.1) is 25.5 Å². The third-order valence-electron chi connectivity index (χ3n) is 4.38. The van der Waals surface area contributed by atoms with E-state index in [9.17, 15) is 18.0 Å². The highest BCUT2D eigenvalue weighted by Gasteiger charge is 2.37. The van der Waals surface area contributed by atoms with Gasteiger partial charge in [-0.05, 0) is 0 Å². The fourth-order valence-electron chi connectivity index (χ4n) is 3.00. The van der Waals surface area contributed by atoms with Gasteiger partial charge in [0.15, 0.2) is 5.69 Å². The summed E-state index contributed by atoms with van der Waals surface area (Å²) < 4.78 is 50.8. The highest BCUT2D eigenvalue weighted by Crippen LogP contribution is 2.36. The molecule has 2 fully saturated rings. The highest BCUT2D eigenvalue weighted by molar-refractivity contribution is 5.89. The minimum absolute atomic E-state index is 0.0801. The van der Waals surface area contributed by atoms with Crippen LogP contribution < -0.4 is 15.5 Å². The van der Waals surface area contributed by atoms with E-state index in [1.807, 2.05) is 0 Å². The lowest BCUT2D eigenvalue weighted by molar-refractivity contribution is -0.140. The number of alkyl halides is 3. The molecule has 0 bridgehead atoms. The van der Waals surface area contributed by atoms with Crippen molar-refractivity contribution in [3.8, 4) is 11.3 Å². The first-order valence-electron chi connectivity index (χ1n) is 8.69. The van der Waals surface area contributed by atoms with Crippen LogP contribution >= 0.6 is 0 Å². The first-order chi connectivity index (χ1) is 13.8. The third-order valence-corrected chi connectivity index (χ3v) is 4.38. The fraction of sp³-hybridized carbons (Fsp3) is 0.438. The molecule has 2 aliphatic heterocycles. The number of hydrogen-bond acceptors (Lipinski definition) is 9. The largest absolute Gasteiger partial charge is 0.447 e. The maximum Gasteiger partial charge on any atom is 0.434 e. The van der Waals surface area contributed by atoms with Crippen LogP contribution in [0.2, 0.25) is 0 Å². The number of hydrogen-bond donors (Lipinski definition) is 1. The van der Waals surface area contributed by atoms with E-state index < -0.39 is 23.9 Å². The van der Waals surface area contributed by atoms with E-state index in [2.05, 4.69) is 19.9 Å². The maximum atomic E-state index is 13.5. The van der Waals surface area contributed by atoms with Gasteiger partial charge in [-0.3, -0.25) is 4.90 Å². The molecule has 154 valence electrons. The molecule has 2 N–H and O–H groups in total. The van der Waals surface area contributed by atoms with Crippen molar-refractivity contribution in [3.05, 3.63) is 18.0 Å². The lowest BCUT2D eigenvalue weighted by Gasteiger charge is -2.28. The lowest BCUT2D eigenvalue weighted by atomic mass is 10.1. The highest BCUT2D eigenvalue weighted by atomic mass is 19.4. The molecule has 0 radical (unpaired) electrons. The Morgan fingerprint density at radius 2 is 1.83 bits per heavy atom. The number of anilines is 3. The maximum absolute atomic E-state index is 13.5. The molecule has 2 aromatic rings. The van der Waals surface area contributed by atoms with Crippen LogP contribution in [0.15, 0.2) is 12.3 Å². The molecule has 0 spiro atoms. The predicted octanol–water partition coefficient (Wildman–Crippen LogP) is 1.33. The van der Waals surface area contributed by atoms with E-state index in [4.69, 9.17) is 15.2 Å². The summed E-state index contributed by atoms with van der Waals surface area (Å²) in [5.74, 6) is -0.207. The molecular formula is C16H16F3N7O3. The second kappa shape index (κ2) is 7.31. The Morgan fingerprint density at radius 3 is 2.48 bits per heavy atom. The zero-order valence-electron chi connectivity index (χ0n) is 15.0. The summed E-state index contributed by atoms with van der Waals surface area (Å²) in [6.07, 6.45) is -4.45. The summed E-state index contributed by atoms with van der Waals surface area (Å²) in [7, 11) is 0. The number of carbonyl (C=O) groups excluding carboxylic acids is 1. The number of ether oxygens (including phenoxy) is 2. The Kier molecular flexibility index (Phi) is 4.82. The number of nitrogen functional groups attached to an aromatic ring is 1. The number of halogens is 3. The molecule has 1 amide bonds. The van der Waals surface area contributed by atoms with Crippen LogP contribution in [0.25, 0.3) is 11.3 Å². The number of amides is 1. The van der Waals surface area contributed by atoms with E-state index >= 15 is 0 Å². The zero-order chi connectivity index (χ0) is 20.6. The predicted molar refractivity (Wildman–Crippen MR) is 94.2 cm³/mol. The molecule has 0 aliphatic carbocycles. The van der Waals surface area contributed by atoms with E-state index in [-0.39, 0.29) is 36.2 Å². The number of morpholine rings is 1. The van der Waals surface area contributed by atoms with Crippen molar-refractivity contribution in [2.24, 2.45) is 0 Å². The Morgan fingerprint density at radius 1 is 1.07 bits per heavy atom. The second-order valence-electron chi connectivity index (χ2n) is 6.27. The second-order valence-corrected chi connectivity index (χ2v) is 6.27. The van der Waals surface area contributed by atoms with Crippen molar-refractivity contribution < 1.29 is 27.4 Å². The summed E-state index contributed by atoms with van der Waals surface area (Å²) in [5, 5.41) is 0. The summed E-state index contributed by atoms with van der Waals surface area (Å²) in [4.78, 5) is 30.7. The van der Waals surface area contributed by atoms with E-state index in [0.717, 1.165) is 6.20 Å². The molecule has 4 heterocycles. The van der Waals surface area contributed by atoms with Gasteiger partial charge in [-0.15, -0.1) is 0 Å². The normalized spacial score (nSPS) is 17.6. The van der Waals surface area contributed by atoms with Crippen LogP contribution in [0.4, 0.5) is 35.7 Å². The van der Waals surface area contributed by atoms with Gasteiger partial charge in [-0.25, -0.2) is 19.7 Å². The standard InChI is InChI=1S/C16H16F3N7O3/c17-16(18,19)12-9(8-21-13(20)24-12)10-7-11(26-3-6-29-15(26)27)23-14(22-10)25-1-4-28-5-2-25/h7-8H,1-6H2,(H2,20,21,24). The first kappa shape index (κ1) is 19.1. The summed E-state index contributed by atoms with van der Waals surface area (Å²) in [5.41, 5.74) is 3.69. The SMILES string of the molecule is Nc1ncc(-c2cc(N3CCOC3=O)nc(N3CCOCC3)n2)c(C(F)(F)F)n1. The number of rotatable bonds is 3. The molecule has 13 heteroatoms. The Hall–Kier alpha value is -3.22. The quantitative estimate of drug-likeness (QED) is 0.797. The summed E-state index contributed by atoms with van der Waals surface area (Å²) in [6, 6.07) is 1.28. The third kappa shape index (κ3) is 3.85. The average molecular weight is 411 g/mol. The van der Waals surface area contributed by atoms with Crippen molar-refractivity contribution in [2.45, 2.75) is 6.18 Å². The molecule has 0 aromatic carbocycles. The Bertz CT molecular complexity index is 934. The van der Waals surface area contributed by atoms with Crippen LogP contribution in [0.5, 0.6) is 0 Å². The number of aromatic nitrogens is 4. The Labute approximate surface area is 162 Å². The molecule has 0 saturated carbocycles. The molecular weight excluding hydrogens is 395 g/mol. The minimum Gasteiger partial charge on any atom is -0.447 e. The number of nitrogens with zero attached hydrogens (tertiary/aromatic N) is 6. The van der Waals surface area contributed by atoms with Crippen molar-refractivity contribution in [2.75, 3.05) is 55.0 Å². The van der Waals surface area contributed by atoms with Gasteiger partial charge in [-0.1, -0.05) is 0 Å². The molecule has 0 atom stereocenters. The van der Waals surface area contributed by atoms with E-state index in [1.54, 1.807) is 4.90 Å². The van der Waals surface area contributed by atoms with Gasteiger partial charge in [0.1, 0.15) is 12.4 Å². The van der Waals surface area contributed by atoms with E-state index in [0.29, 0.717) is 26.3 Å². The fourth-order valence-corrected chi connectivity index (χ4v) is 3.00. The summed E-state index contributed by atoms with van der Waals surface area (Å²) >= 11 is 0. The van der Waals surface area contributed by atoms with E-state index in [1.165, 1.54) is 11.0 Å². The molecule has 2 saturated heterocycles. The van der Waals surface area contributed by atoms with Crippen molar-refractivity contribution in [3.63, 3.8) is 0 Å². The average Bonchev–Trinajstić information content (AvgIpc) is 3.13. The van der Waals surface area contributed by atoms with Crippen molar-refractivity contribution in [1.29, 1.82) is 0 Å². The van der Waals surface area contributed by atoms with Crippen LogP contribution in [-0.4, -0.2) is 65.5 Å². The molecule has 29 heavy (non-hydrogen) atoms. The van der Waals surface area contributed by atoms with Gasteiger partial charge >= 0.3 is 12.3 Å². The van der Waals surface area contributed by atoms with Crippen LogP contribution in [0.3, 0.4) is 0 Å². The molecule has 4 rings (SSSR count). The molecule has 10 nitrogen and oxygen atoms in total. The molecule has 0 unspecified atom stereocenters. The van der Waals surface area contributed by atoms with Gasteiger partial charge in [0, 0.05) is 30.9 Å². The molecule has 2 aliphatic rings. The minimum atomic E-state index is -4.77. The lowest BCUT2D eigenvalue weighted by Crippen LogP contribution is -2.38.